The van der Waals surface area contributed by atoms with Crippen molar-refractivity contribution in [3.05, 3.63) is 36.2 Å². The van der Waals surface area contributed by atoms with Crippen LogP contribution in [0.25, 0.3) is 0 Å². The number of anilines is 1. The van der Waals surface area contributed by atoms with Crippen molar-refractivity contribution in [2.75, 3.05) is 37.6 Å². The normalized spacial score (nSPS) is 17.4. The highest BCUT2D eigenvalue weighted by Gasteiger charge is 2.18. The van der Waals surface area contributed by atoms with Crippen molar-refractivity contribution in [2.45, 2.75) is 26.7 Å². The van der Waals surface area contributed by atoms with Crippen LogP contribution in [0.5, 0.6) is 0 Å². The lowest BCUT2D eigenvalue weighted by Gasteiger charge is -2.37. The van der Waals surface area contributed by atoms with Crippen molar-refractivity contribution < 1.29 is 0 Å². The molecule has 0 aromatic heterocycles. The number of piperazine rings is 1. The Balaban J connectivity index is 2.05. The summed E-state index contributed by atoms with van der Waals surface area (Å²) in [5.74, 6) is 0.600. The van der Waals surface area contributed by atoms with Crippen molar-refractivity contribution in [2.24, 2.45) is 0 Å². The first-order chi connectivity index (χ1) is 8.72. The van der Waals surface area contributed by atoms with Gasteiger partial charge in [0.15, 0.2) is 0 Å². The molecule has 1 aromatic rings. The summed E-state index contributed by atoms with van der Waals surface area (Å²) >= 11 is 0. The topological polar surface area (TPSA) is 6.48 Å². The Morgan fingerprint density at radius 2 is 1.78 bits per heavy atom. The van der Waals surface area contributed by atoms with Gasteiger partial charge in [-0.25, -0.2) is 0 Å². The SMILES string of the molecule is C[CH]CN1CCN(c2ccccc2C(C)C)CC1. The summed E-state index contributed by atoms with van der Waals surface area (Å²) in [5, 5.41) is 0. The van der Waals surface area contributed by atoms with Crippen LogP contribution in [0.15, 0.2) is 24.3 Å². The van der Waals surface area contributed by atoms with Gasteiger partial charge >= 0.3 is 0 Å². The van der Waals surface area contributed by atoms with E-state index in [9.17, 15) is 0 Å². The molecule has 2 heteroatoms. The van der Waals surface area contributed by atoms with Gasteiger partial charge in [-0.05, 0) is 24.0 Å². The molecule has 1 heterocycles. The van der Waals surface area contributed by atoms with Crippen molar-refractivity contribution in [3.63, 3.8) is 0 Å². The van der Waals surface area contributed by atoms with Crippen LogP contribution in [0.3, 0.4) is 0 Å². The third-order valence-electron chi connectivity index (χ3n) is 3.71. The molecular weight excluding hydrogens is 220 g/mol. The summed E-state index contributed by atoms with van der Waals surface area (Å²) in [4.78, 5) is 5.07. The van der Waals surface area contributed by atoms with E-state index in [1.54, 1.807) is 0 Å². The summed E-state index contributed by atoms with van der Waals surface area (Å²) in [5.41, 5.74) is 2.92. The Morgan fingerprint density at radius 3 is 2.39 bits per heavy atom. The van der Waals surface area contributed by atoms with Gasteiger partial charge in [0.2, 0.25) is 0 Å². The van der Waals surface area contributed by atoms with Crippen LogP contribution in [0.2, 0.25) is 0 Å². The third kappa shape index (κ3) is 3.05. The minimum absolute atomic E-state index is 0.600. The molecule has 99 valence electrons. The van der Waals surface area contributed by atoms with E-state index >= 15 is 0 Å². The van der Waals surface area contributed by atoms with E-state index in [1.807, 2.05) is 0 Å². The highest BCUT2D eigenvalue weighted by atomic mass is 15.3. The molecule has 0 aliphatic carbocycles. The first kappa shape index (κ1) is 13.4. The molecule has 1 radical (unpaired) electrons. The number of hydrogen-bond donors (Lipinski definition) is 0. The van der Waals surface area contributed by atoms with Crippen molar-refractivity contribution in [3.8, 4) is 0 Å². The van der Waals surface area contributed by atoms with Gasteiger partial charge < -0.3 is 4.90 Å². The smallest absolute Gasteiger partial charge is 0.0402 e. The quantitative estimate of drug-likeness (QED) is 0.804. The van der Waals surface area contributed by atoms with Crippen molar-refractivity contribution >= 4 is 5.69 Å². The van der Waals surface area contributed by atoms with Crippen LogP contribution in [-0.2, 0) is 0 Å². The average Bonchev–Trinajstić information content (AvgIpc) is 2.40. The molecule has 0 atom stereocenters. The highest BCUT2D eigenvalue weighted by Crippen LogP contribution is 2.27. The number of para-hydroxylation sites is 1. The first-order valence-electron chi connectivity index (χ1n) is 7.06. The van der Waals surface area contributed by atoms with E-state index in [4.69, 9.17) is 0 Å². The molecule has 0 amide bonds. The van der Waals surface area contributed by atoms with E-state index < -0.39 is 0 Å². The molecule has 2 rings (SSSR count). The first-order valence-corrected chi connectivity index (χ1v) is 7.06. The van der Waals surface area contributed by atoms with Gasteiger partial charge in [-0.15, -0.1) is 0 Å². The zero-order valence-electron chi connectivity index (χ0n) is 11.9. The van der Waals surface area contributed by atoms with E-state index in [0.717, 1.165) is 19.6 Å². The predicted molar refractivity (Wildman–Crippen MR) is 79.2 cm³/mol. The molecule has 0 unspecified atom stereocenters. The Bertz CT molecular complexity index is 365. The van der Waals surface area contributed by atoms with Gasteiger partial charge in [0, 0.05) is 38.4 Å². The average molecular weight is 245 g/mol. The molecule has 1 aliphatic heterocycles. The maximum Gasteiger partial charge on any atom is 0.0402 e. The lowest BCUT2D eigenvalue weighted by molar-refractivity contribution is 0.276. The zero-order valence-corrected chi connectivity index (χ0v) is 11.9. The fraction of sp³-hybridized carbons (Fsp3) is 0.562. The Morgan fingerprint density at radius 1 is 1.11 bits per heavy atom. The van der Waals surface area contributed by atoms with E-state index in [0.29, 0.717) is 5.92 Å². The monoisotopic (exact) mass is 245 g/mol. The molecule has 0 spiro atoms. The number of hydrogen-bond acceptors (Lipinski definition) is 2. The summed E-state index contributed by atoms with van der Waals surface area (Å²) < 4.78 is 0. The minimum atomic E-state index is 0.600. The number of benzene rings is 1. The van der Waals surface area contributed by atoms with Crippen LogP contribution in [0.1, 0.15) is 32.3 Å². The second-order valence-corrected chi connectivity index (χ2v) is 5.41. The standard InChI is InChI=1S/C16H25N2/c1-4-9-17-10-12-18(13-11-17)16-8-6-5-7-15(16)14(2)3/h4-8,14H,9-13H2,1-3H3. The minimum Gasteiger partial charge on any atom is -0.369 e. The fourth-order valence-electron chi connectivity index (χ4n) is 2.69. The molecule has 1 fully saturated rings. The van der Waals surface area contributed by atoms with Gasteiger partial charge in [0.25, 0.3) is 0 Å². The molecule has 0 bridgehead atoms. The van der Waals surface area contributed by atoms with Crippen LogP contribution in [-0.4, -0.2) is 37.6 Å². The van der Waals surface area contributed by atoms with Crippen LogP contribution in [0.4, 0.5) is 5.69 Å². The van der Waals surface area contributed by atoms with Gasteiger partial charge in [0.1, 0.15) is 0 Å². The Hall–Kier alpha value is -1.02. The molecule has 0 N–H and O–H groups in total. The van der Waals surface area contributed by atoms with Crippen LogP contribution in [0, 0.1) is 6.42 Å². The highest BCUT2D eigenvalue weighted by molar-refractivity contribution is 5.55. The molecular formula is C16H25N2. The third-order valence-corrected chi connectivity index (χ3v) is 3.71. The van der Waals surface area contributed by atoms with Gasteiger partial charge in [0.05, 0.1) is 0 Å². The molecule has 2 nitrogen and oxygen atoms in total. The number of nitrogens with zero attached hydrogens (tertiary/aromatic N) is 2. The summed E-state index contributed by atoms with van der Waals surface area (Å²) in [6.45, 7) is 12.5. The molecule has 0 saturated carbocycles. The van der Waals surface area contributed by atoms with E-state index in [-0.39, 0.29) is 0 Å². The maximum atomic E-state index is 2.54. The number of rotatable bonds is 4. The zero-order chi connectivity index (χ0) is 13.0. The Labute approximate surface area is 112 Å². The van der Waals surface area contributed by atoms with Crippen LogP contribution < -0.4 is 4.90 Å². The molecule has 1 aromatic carbocycles. The summed E-state index contributed by atoms with van der Waals surface area (Å²) in [6.07, 6.45) is 2.25. The van der Waals surface area contributed by atoms with Gasteiger partial charge in [-0.1, -0.05) is 39.0 Å². The lowest BCUT2D eigenvalue weighted by atomic mass is 10.00. The van der Waals surface area contributed by atoms with E-state index in [1.165, 1.54) is 24.3 Å². The second kappa shape index (κ2) is 6.24. The van der Waals surface area contributed by atoms with E-state index in [2.05, 4.69) is 61.3 Å². The fourth-order valence-corrected chi connectivity index (χ4v) is 2.69. The van der Waals surface area contributed by atoms with Crippen LogP contribution >= 0.6 is 0 Å². The lowest BCUT2D eigenvalue weighted by Crippen LogP contribution is -2.46. The maximum absolute atomic E-state index is 2.54. The summed E-state index contributed by atoms with van der Waals surface area (Å²) in [7, 11) is 0. The predicted octanol–water partition coefficient (Wildman–Crippen LogP) is 3.16. The van der Waals surface area contributed by atoms with Crippen molar-refractivity contribution in [1.82, 2.24) is 4.90 Å². The van der Waals surface area contributed by atoms with Crippen molar-refractivity contribution in [1.29, 1.82) is 0 Å². The largest absolute Gasteiger partial charge is 0.369 e. The van der Waals surface area contributed by atoms with Gasteiger partial charge in [-0.2, -0.15) is 0 Å². The molecule has 1 saturated heterocycles. The molecule has 1 aliphatic rings. The van der Waals surface area contributed by atoms with Gasteiger partial charge in [-0.3, -0.25) is 4.90 Å². The summed E-state index contributed by atoms with van der Waals surface area (Å²) in [6, 6.07) is 8.86. The Kier molecular flexibility index (Phi) is 4.65. The second-order valence-electron chi connectivity index (χ2n) is 5.41. The molecule has 18 heavy (non-hydrogen) atoms.